The van der Waals surface area contributed by atoms with Gasteiger partial charge in [0, 0.05) is 11.4 Å². The number of nitrogens with one attached hydrogen (secondary N) is 1. The molecule has 5 heteroatoms. The Morgan fingerprint density at radius 2 is 1.81 bits per heavy atom. The zero-order valence-corrected chi connectivity index (χ0v) is 16.4. The van der Waals surface area contributed by atoms with Crippen molar-refractivity contribution in [1.29, 1.82) is 0 Å². The van der Waals surface area contributed by atoms with E-state index in [-0.39, 0.29) is 11.9 Å². The fourth-order valence-electron chi connectivity index (χ4n) is 2.97. The highest BCUT2D eigenvalue weighted by Gasteiger charge is 2.18. The van der Waals surface area contributed by atoms with Crippen LogP contribution >= 0.6 is 11.3 Å². The topological polar surface area (TPSA) is 41.6 Å². The van der Waals surface area contributed by atoms with Gasteiger partial charge in [-0.2, -0.15) is 0 Å². The van der Waals surface area contributed by atoms with Crippen LogP contribution in [-0.2, 0) is 11.3 Å². The Labute approximate surface area is 164 Å². The van der Waals surface area contributed by atoms with E-state index in [1.54, 1.807) is 18.4 Å². The van der Waals surface area contributed by atoms with Gasteiger partial charge >= 0.3 is 0 Å². The minimum absolute atomic E-state index is 0.00765. The van der Waals surface area contributed by atoms with Gasteiger partial charge in [0.05, 0.1) is 19.7 Å². The summed E-state index contributed by atoms with van der Waals surface area (Å²) in [5, 5.41) is 5.22. The molecule has 0 radical (unpaired) electrons. The van der Waals surface area contributed by atoms with E-state index in [4.69, 9.17) is 4.74 Å². The average molecular weight is 381 g/mol. The number of hydrogen-bond acceptors (Lipinski definition) is 4. The van der Waals surface area contributed by atoms with Crippen LogP contribution < -0.4 is 10.1 Å². The number of amides is 1. The van der Waals surface area contributed by atoms with Crippen LogP contribution in [0.2, 0.25) is 0 Å². The van der Waals surface area contributed by atoms with Crippen molar-refractivity contribution >= 4 is 17.2 Å². The van der Waals surface area contributed by atoms with Crippen LogP contribution in [0.5, 0.6) is 5.75 Å². The maximum atomic E-state index is 12.7. The fourth-order valence-corrected chi connectivity index (χ4v) is 3.77. The van der Waals surface area contributed by atoms with Gasteiger partial charge in [0.2, 0.25) is 5.91 Å². The molecule has 0 saturated carbocycles. The van der Waals surface area contributed by atoms with E-state index in [0.717, 1.165) is 21.8 Å². The molecule has 4 nitrogen and oxygen atoms in total. The van der Waals surface area contributed by atoms with Gasteiger partial charge in [0.15, 0.2) is 0 Å². The maximum absolute atomic E-state index is 12.7. The third-order valence-electron chi connectivity index (χ3n) is 4.29. The number of hydrogen-bond donors (Lipinski definition) is 1. The molecule has 0 aliphatic carbocycles. The second-order valence-corrected chi connectivity index (χ2v) is 7.43. The Morgan fingerprint density at radius 1 is 1.07 bits per heavy atom. The van der Waals surface area contributed by atoms with Crippen LogP contribution in [0.25, 0.3) is 0 Å². The first-order valence-corrected chi connectivity index (χ1v) is 9.73. The Morgan fingerprint density at radius 3 is 2.44 bits per heavy atom. The van der Waals surface area contributed by atoms with E-state index in [9.17, 15) is 4.79 Å². The number of benzene rings is 2. The summed E-state index contributed by atoms with van der Waals surface area (Å²) < 4.78 is 5.18. The van der Waals surface area contributed by atoms with Crippen LogP contribution in [0.4, 0.5) is 0 Å². The SMILES string of the molecule is COc1ccc(CN(C)CC(=O)N[C@H](c2ccccc2)c2cccs2)cc1. The van der Waals surface area contributed by atoms with Crippen LogP contribution in [0.1, 0.15) is 22.0 Å². The van der Waals surface area contributed by atoms with Gasteiger partial charge < -0.3 is 10.1 Å². The van der Waals surface area contributed by atoms with Crippen molar-refractivity contribution in [3.8, 4) is 5.75 Å². The number of likely N-dealkylation sites (N-methyl/N-ethyl adjacent to an activating group) is 1. The zero-order valence-electron chi connectivity index (χ0n) is 15.6. The van der Waals surface area contributed by atoms with Gasteiger partial charge in [-0.05, 0) is 41.8 Å². The number of thiophene rings is 1. The molecule has 27 heavy (non-hydrogen) atoms. The summed E-state index contributed by atoms with van der Waals surface area (Å²) in [4.78, 5) is 15.8. The fraction of sp³-hybridized carbons (Fsp3) is 0.227. The second kappa shape index (κ2) is 9.35. The molecule has 3 rings (SSSR count). The van der Waals surface area contributed by atoms with Crippen molar-refractivity contribution in [3.63, 3.8) is 0 Å². The maximum Gasteiger partial charge on any atom is 0.234 e. The lowest BCUT2D eigenvalue weighted by Crippen LogP contribution is -2.37. The average Bonchev–Trinajstić information content (AvgIpc) is 3.22. The van der Waals surface area contributed by atoms with Gasteiger partial charge in [-0.25, -0.2) is 0 Å². The second-order valence-electron chi connectivity index (χ2n) is 6.45. The molecule has 0 saturated heterocycles. The van der Waals surface area contributed by atoms with Crippen molar-refractivity contribution in [2.24, 2.45) is 0 Å². The van der Waals surface area contributed by atoms with E-state index < -0.39 is 0 Å². The molecule has 1 heterocycles. The highest BCUT2D eigenvalue weighted by molar-refractivity contribution is 7.10. The summed E-state index contributed by atoms with van der Waals surface area (Å²) in [5.74, 6) is 0.842. The first-order chi connectivity index (χ1) is 13.2. The van der Waals surface area contributed by atoms with Crippen LogP contribution in [0.3, 0.4) is 0 Å². The van der Waals surface area contributed by atoms with Crippen molar-refractivity contribution in [1.82, 2.24) is 10.2 Å². The lowest BCUT2D eigenvalue weighted by Gasteiger charge is -2.21. The highest BCUT2D eigenvalue weighted by atomic mass is 32.1. The zero-order chi connectivity index (χ0) is 19.1. The quantitative estimate of drug-likeness (QED) is 0.640. The molecule has 0 aliphatic rings. The first-order valence-electron chi connectivity index (χ1n) is 8.85. The van der Waals surface area contributed by atoms with Gasteiger partial charge in [-0.15, -0.1) is 11.3 Å². The summed E-state index contributed by atoms with van der Waals surface area (Å²) in [7, 11) is 3.61. The van der Waals surface area contributed by atoms with E-state index in [1.165, 1.54) is 0 Å². The molecule has 3 aromatic rings. The predicted molar refractivity (Wildman–Crippen MR) is 110 cm³/mol. The summed E-state index contributed by atoms with van der Waals surface area (Å²) in [6.45, 7) is 1.03. The molecule has 0 spiro atoms. The van der Waals surface area contributed by atoms with Crippen molar-refractivity contribution in [2.45, 2.75) is 12.6 Å². The Hall–Kier alpha value is -2.63. The molecule has 1 aromatic heterocycles. The Kier molecular flexibility index (Phi) is 6.63. The van der Waals surface area contributed by atoms with Gasteiger partial charge in [0.25, 0.3) is 0 Å². The third kappa shape index (κ3) is 5.42. The summed E-state index contributed by atoms with van der Waals surface area (Å²) in [5.41, 5.74) is 2.23. The summed E-state index contributed by atoms with van der Waals surface area (Å²) in [6.07, 6.45) is 0. The van der Waals surface area contributed by atoms with E-state index >= 15 is 0 Å². The van der Waals surface area contributed by atoms with Crippen LogP contribution in [-0.4, -0.2) is 31.5 Å². The van der Waals surface area contributed by atoms with Crippen molar-refractivity contribution < 1.29 is 9.53 Å². The largest absolute Gasteiger partial charge is 0.497 e. The molecule has 140 valence electrons. The van der Waals surface area contributed by atoms with Gasteiger partial charge in [0.1, 0.15) is 5.75 Å². The summed E-state index contributed by atoms with van der Waals surface area (Å²) in [6, 6.07) is 21.9. The number of carbonyl (C=O) groups is 1. The van der Waals surface area contributed by atoms with Crippen molar-refractivity contribution in [3.05, 3.63) is 88.1 Å². The molecule has 0 aliphatic heterocycles. The molecular formula is C22H24N2O2S. The number of carbonyl (C=O) groups excluding carboxylic acids is 1. The molecule has 1 atom stereocenters. The Bertz CT molecular complexity index is 833. The lowest BCUT2D eigenvalue weighted by molar-refractivity contribution is -0.122. The smallest absolute Gasteiger partial charge is 0.234 e. The minimum atomic E-state index is -0.118. The Balaban J connectivity index is 1.62. The molecule has 1 N–H and O–H groups in total. The minimum Gasteiger partial charge on any atom is -0.497 e. The van der Waals surface area contributed by atoms with Gasteiger partial charge in [-0.3, -0.25) is 9.69 Å². The monoisotopic (exact) mass is 380 g/mol. The predicted octanol–water partition coefficient (Wildman–Crippen LogP) is 4.09. The highest BCUT2D eigenvalue weighted by Crippen LogP contribution is 2.25. The van der Waals surface area contributed by atoms with Gasteiger partial charge in [-0.1, -0.05) is 48.5 Å². The lowest BCUT2D eigenvalue weighted by atomic mass is 10.1. The molecule has 0 bridgehead atoms. The molecule has 1 amide bonds. The number of methoxy groups -OCH3 is 1. The number of nitrogens with zero attached hydrogens (tertiary/aromatic N) is 1. The van der Waals surface area contributed by atoms with E-state index in [2.05, 4.69) is 11.4 Å². The molecule has 2 aromatic carbocycles. The molecular weight excluding hydrogens is 356 g/mol. The van der Waals surface area contributed by atoms with Crippen molar-refractivity contribution in [2.75, 3.05) is 20.7 Å². The van der Waals surface area contributed by atoms with Crippen LogP contribution in [0, 0.1) is 0 Å². The van der Waals surface area contributed by atoms with E-state index in [0.29, 0.717) is 13.1 Å². The molecule has 0 unspecified atom stereocenters. The molecule has 0 fully saturated rings. The van der Waals surface area contributed by atoms with E-state index in [1.807, 2.05) is 78.0 Å². The van der Waals surface area contributed by atoms with Crippen LogP contribution in [0.15, 0.2) is 72.1 Å². The third-order valence-corrected chi connectivity index (χ3v) is 5.23. The number of rotatable bonds is 8. The normalized spacial score (nSPS) is 12.0. The standard InChI is InChI=1S/C22H24N2O2S/c1-24(15-17-10-12-19(26-2)13-11-17)16-21(25)23-22(20-9-6-14-27-20)18-7-4-3-5-8-18/h3-14,22H,15-16H2,1-2H3,(H,23,25)/t22-/m1/s1. The summed E-state index contributed by atoms with van der Waals surface area (Å²) >= 11 is 1.65. The first kappa shape index (κ1) is 19.1. The number of ether oxygens (including phenoxy) is 1.